The Labute approximate surface area is 183 Å². The molecular weight excluding hydrogens is 421 g/mol. The fraction of sp³-hybridized carbons (Fsp3) is 0.318. The minimum absolute atomic E-state index is 0.220. The standard InChI is InChI=1S/C22H23F3N6O/c23-22(24,25)18-7-5-17(6-8-18)16-29-11-3-12-30(15-14-29)21(32)28-19-4-1-9-26-20(19)31-13-2-10-27-31/h1-2,4-10,13H,3,11-12,14-16H2,(H,28,32). The lowest BCUT2D eigenvalue weighted by molar-refractivity contribution is -0.137. The zero-order valence-electron chi connectivity index (χ0n) is 17.3. The van der Waals surface area contributed by atoms with Gasteiger partial charge in [-0.15, -0.1) is 0 Å². The third kappa shape index (κ3) is 5.25. The number of alkyl halides is 3. The van der Waals surface area contributed by atoms with Gasteiger partial charge in [0.05, 0.1) is 11.3 Å². The van der Waals surface area contributed by atoms with Crippen molar-refractivity contribution < 1.29 is 18.0 Å². The summed E-state index contributed by atoms with van der Waals surface area (Å²) in [6.45, 7) is 3.04. The Morgan fingerprint density at radius 1 is 1.00 bits per heavy atom. The first-order valence-corrected chi connectivity index (χ1v) is 10.3. The molecule has 0 saturated carbocycles. The fourth-order valence-electron chi connectivity index (χ4n) is 3.65. The van der Waals surface area contributed by atoms with Crippen LogP contribution in [0, 0.1) is 0 Å². The second kappa shape index (κ2) is 9.39. The number of benzene rings is 1. The molecule has 1 aromatic carbocycles. The summed E-state index contributed by atoms with van der Waals surface area (Å²) in [5.74, 6) is 0.532. The lowest BCUT2D eigenvalue weighted by Gasteiger charge is -2.23. The molecule has 1 N–H and O–H groups in total. The predicted molar refractivity (Wildman–Crippen MR) is 113 cm³/mol. The number of nitrogens with one attached hydrogen (secondary N) is 1. The molecular formula is C22H23F3N6O. The minimum atomic E-state index is -4.33. The maximum Gasteiger partial charge on any atom is 0.416 e. The number of pyridine rings is 1. The molecule has 1 saturated heterocycles. The first-order chi connectivity index (χ1) is 15.4. The van der Waals surface area contributed by atoms with E-state index in [1.54, 1.807) is 46.4 Å². The van der Waals surface area contributed by atoms with Crippen LogP contribution in [0.2, 0.25) is 0 Å². The number of carbonyl (C=O) groups excluding carboxylic acids is 1. The highest BCUT2D eigenvalue weighted by Gasteiger charge is 2.30. The van der Waals surface area contributed by atoms with Crippen LogP contribution in [0.25, 0.3) is 5.82 Å². The third-order valence-corrected chi connectivity index (χ3v) is 5.31. The monoisotopic (exact) mass is 444 g/mol. The lowest BCUT2D eigenvalue weighted by atomic mass is 10.1. The van der Waals surface area contributed by atoms with Crippen LogP contribution in [0.1, 0.15) is 17.5 Å². The van der Waals surface area contributed by atoms with Crippen LogP contribution in [0.4, 0.5) is 23.7 Å². The van der Waals surface area contributed by atoms with Crippen LogP contribution in [0.15, 0.2) is 61.1 Å². The number of nitrogens with zero attached hydrogens (tertiary/aromatic N) is 5. The van der Waals surface area contributed by atoms with Crippen molar-refractivity contribution in [3.63, 3.8) is 0 Å². The quantitative estimate of drug-likeness (QED) is 0.660. The molecule has 32 heavy (non-hydrogen) atoms. The first-order valence-electron chi connectivity index (χ1n) is 10.3. The van der Waals surface area contributed by atoms with E-state index in [1.807, 2.05) is 0 Å². The number of aromatic nitrogens is 3. The SMILES string of the molecule is O=C(Nc1cccnc1-n1cccn1)N1CCCN(Cc2ccc(C(F)(F)F)cc2)CC1. The first kappa shape index (κ1) is 21.8. The van der Waals surface area contributed by atoms with Crippen LogP contribution in [0.3, 0.4) is 0 Å². The van der Waals surface area contributed by atoms with Gasteiger partial charge in [0, 0.05) is 51.3 Å². The highest BCUT2D eigenvalue weighted by molar-refractivity contribution is 5.91. The molecule has 3 heterocycles. The van der Waals surface area contributed by atoms with E-state index in [-0.39, 0.29) is 6.03 Å². The number of hydrogen-bond donors (Lipinski definition) is 1. The number of urea groups is 1. The van der Waals surface area contributed by atoms with Crippen molar-refractivity contribution in [2.24, 2.45) is 0 Å². The average molecular weight is 444 g/mol. The molecule has 0 spiro atoms. The molecule has 1 aliphatic rings. The molecule has 10 heteroatoms. The molecule has 3 aromatic rings. The summed E-state index contributed by atoms with van der Waals surface area (Å²) >= 11 is 0. The van der Waals surface area contributed by atoms with Gasteiger partial charge in [0.25, 0.3) is 0 Å². The Hall–Kier alpha value is -3.40. The summed E-state index contributed by atoms with van der Waals surface area (Å²) in [4.78, 5) is 21.1. The molecule has 0 unspecified atom stereocenters. The Morgan fingerprint density at radius 2 is 1.81 bits per heavy atom. The Balaban J connectivity index is 1.35. The molecule has 0 aliphatic carbocycles. The van der Waals surface area contributed by atoms with Gasteiger partial charge < -0.3 is 10.2 Å². The highest BCUT2D eigenvalue weighted by Crippen LogP contribution is 2.29. The van der Waals surface area contributed by atoms with Crippen molar-refractivity contribution in [1.29, 1.82) is 0 Å². The number of amides is 2. The Kier molecular flexibility index (Phi) is 6.40. The van der Waals surface area contributed by atoms with Gasteiger partial charge in [-0.1, -0.05) is 12.1 Å². The summed E-state index contributed by atoms with van der Waals surface area (Å²) in [6.07, 6.45) is 1.47. The summed E-state index contributed by atoms with van der Waals surface area (Å²) in [7, 11) is 0. The van der Waals surface area contributed by atoms with Gasteiger partial charge in [0.2, 0.25) is 0 Å². The van der Waals surface area contributed by atoms with Crippen molar-refractivity contribution in [2.75, 3.05) is 31.5 Å². The van der Waals surface area contributed by atoms with Crippen LogP contribution < -0.4 is 5.32 Å². The summed E-state index contributed by atoms with van der Waals surface area (Å²) in [6, 6.07) is 10.3. The van der Waals surface area contributed by atoms with Gasteiger partial charge >= 0.3 is 12.2 Å². The van der Waals surface area contributed by atoms with E-state index < -0.39 is 11.7 Å². The van der Waals surface area contributed by atoms with E-state index in [2.05, 4.69) is 20.3 Å². The van der Waals surface area contributed by atoms with Gasteiger partial charge in [-0.05, 0) is 42.3 Å². The van der Waals surface area contributed by atoms with Gasteiger partial charge in [-0.25, -0.2) is 14.5 Å². The van der Waals surface area contributed by atoms with Crippen LogP contribution >= 0.6 is 0 Å². The summed E-state index contributed by atoms with van der Waals surface area (Å²) in [5, 5.41) is 7.09. The van der Waals surface area contributed by atoms with E-state index in [0.29, 0.717) is 37.7 Å². The molecule has 1 aliphatic heterocycles. The number of hydrogen-bond acceptors (Lipinski definition) is 4. The Morgan fingerprint density at radius 3 is 2.53 bits per heavy atom. The maximum atomic E-state index is 12.9. The van der Waals surface area contributed by atoms with Crippen molar-refractivity contribution in [2.45, 2.75) is 19.1 Å². The van der Waals surface area contributed by atoms with E-state index in [0.717, 1.165) is 30.7 Å². The van der Waals surface area contributed by atoms with Crippen LogP contribution in [-0.2, 0) is 12.7 Å². The van der Waals surface area contributed by atoms with Crippen molar-refractivity contribution in [1.82, 2.24) is 24.6 Å². The van der Waals surface area contributed by atoms with E-state index in [1.165, 1.54) is 12.1 Å². The second-order valence-corrected chi connectivity index (χ2v) is 7.57. The molecule has 0 radical (unpaired) electrons. The number of anilines is 1. The van der Waals surface area contributed by atoms with Crippen molar-refractivity contribution >= 4 is 11.7 Å². The second-order valence-electron chi connectivity index (χ2n) is 7.57. The maximum absolute atomic E-state index is 12.9. The molecule has 2 aromatic heterocycles. The fourth-order valence-corrected chi connectivity index (χ4v) is 3.65. The zero-order valence-corrected chi connectivity index (χ0v) is 17.3. The largest absolute Gasteiger partial charge is 0.416 e. The number of rotatable bonds is 4. The van der Waals surface area contributed by atoms with Gasteiger partial charge in [-0.2, -0.15) is 18.3 Å². The van der Waals surface area contributed by atoms with Crippen LogP contribution in [-0.4, -0.2) is 56.8 Å². The topological polar surface area (TPSA) is 66.3 Å². The molecule has 4 rings (SSSR count). The Bertz CT molecular complexity index is 1040. The van der Waals surface area contributed by atoms with Crippen molar-refractivity contribution in [3.05, 3.63) is 72.2 Å². The molecule has 1 fully saturated rings. The molecule has 0 bridgehead atoms. The number of carbonyl (C=O) groups is 1. The zero-order chi connectivity index (χ0) is 22.6. The van der Waals surface area contributed by atoms with Gasteiger partial charge in [-0.3, -0.25) is 4.90 Å². The summed E-state index contributed by atoms with van der Waals surface area (Å²) in [5.41, 5.74) is 0.729. The lowest BCUT2D eigenvalue weighted by Crippen LogP contribution is -2.38. The highest BCUT2D eigenvalue weighted by atomic mass is 19.4. The van der Waals surface area contributed by atoms with Gasteiger partial charge in [0.15, 0.2) is 5.82 Å². The normalized spacial score (nSPS) is 15.4. The van der Waals surface area contributed by atoms with E-state index in [9.17, 15) is 18.0 Å². The molecule has 7 nitrogen and oxygen atoms in total. The van der Waals surface area contributed by atoms with E-state index in [4.69, 9.17) is 0 Å². The third-order valence-electron chi connectivity index (χ3n) is 5.31. The van der Waals surface area contributed by atoms with Gasteiger partial charge in [0.1, 0.15) is 0 Å². The van der Waals surface area contributed by atoms with Crippen LogP contribution in [0.5, 0.6) is 0 Å². The van der Waals surface area contributed by atoms with Crippen molar-refractivity contribution in [3.8, 4) is 5.82 Å². The molecule has 168 valence electrons. The van der Waals surface area contributed by atoms with E-state index >= 15 is 0 Å². The average Bonchev–Trinajstić information content (AvgIpc) is 3.20. The summed E-state index contributed by atoms with van der Waals surface area (Å²) < 4.78 is 39.8. The number of halogens is 3. The molecule has 2 amide bonds. The minimum Gasteiger partial charge on any atom is -0.323 e. The predicted octanol–water partition coefficient (Wildman–Crippen LogP) is 4.03. The molecule has 0 atom stereocenters. The smallest absolute Gasteiger partial charge is 0.323 e.